The van der Waals surface area contributed by atoms with Crippen molar-refractivity contribution >= 4 is 5.91 Å². The lowest BCUT2D eigenvalue weighted by Gasteiger charge is -2.35. The third-order valence-corrected chi connectivity index (χ3v) is 2.88. The van der Waals surface area contributed by atoms with Crippen LogP contribution >= 0.6 is 0 Å². The van der Waals surface area contributed by atoms with Crippen molar-refractivity contribution in [3.8, 4) is 0 Å². The van der Waals surface area contributed by atoms with Gasteiger partial charge in [0.15, 0.2) is 0 Å². The minimum absolute atomic E-state index is 0.147. The van der Waals surface area contributed by atoms with Crippen molar-refractivity contribution in [3.63, 3.8) is 0 Å². The largest absolute Gasteiger partial charge is 0.392 e. The number of aliphatic hydroxyl groups is 1. The van der Waals surface area contributed by atoms with Crippen LogP contribution in [0.2, 0.25) is 0 Å². The quantitative estimate of drug-likeness (QED) is 0.339. The van der Waals surface area contributed by atoms with Crippen LogP contribution in [-0.2, 0) is 4.79 Å². The highest BCUT2D eigenvalue weighted by molar-refractivity contribution is 5.81. The molecule has 1 saturated heterocycles. The zero-order valence-corrected chi connectivity index (χ0v) is 9.28. The summed E-state index contributed by atoms with van der Waals surface area (Å²) >= 11 is 0. The molecule has 0 aromatic rings. The molecule has 1 rings (SSSR count). The number of β-amino-alcohol motifs (C(OH)–C–C–N with tert-alkyl or cyclic N) is 1. The van der Waals surface area contributed by atoms with Crippen LogP contribution in [-0.4, -0.2) is 41.1 Å². The van der Waals surface area contributed by atoms with E-state index in [0.29, 0.717) is 6.54 Å². The molecule has 15 heavy (non-hydrogen) atoms. The average Bonchev–Trinajstić information content (AvgIpc) is 2.25. The first-order valence-corrected chi connectivity index (χ1v) is 5.61. The molecule has 0 spiro atoms. The summed E-state index contributed by atoms with van der Waals surface area (Å²) in [5.41, 5.74) is 2.20. The van der Waals surface area contributed by atoms with Crippen molar-refractivity contribution in [1.82, 2.24) is 10.3 Å². The van der Waals surface area contributed by atoms with Crippen LogP contribution in [0.25, 0.3) is 0 Å². The number of carbonyl (C=O) groups is 1. The molecule has 4 N–H and O–H groups in total. The Morgan fingerprint density at radius 1 is 1.73 bits per heavy atom. The van der Waals surface area contributed by atoms with Gasteiger partial charge in [0.2, 0.25) is 0 Å². The van der Waals surface area contributed by atoms with Gasteiger partial charge in [-0.25, -0.2) is 5.84 Å². The lowest BCUT2D eigenvalue weighted by atomic mass is 10.0. The second-order valence-corrected chi connectivity index (χ2v) is 4.10. The van der Waals surface area contributed by atoms with Gasteiger partial charge >= 0.3 is 0 Å². The Labute approximate surface area is 90.6 Å². The Morgan fingerprint density at radius 2 is 2.47 bits per heavy atom. The Morgan fingerprint density at radius 3 is 3.00 bits per heavy atom. The number of hydrogen-bond donors (Lipinski definition) is 3. The van der Waals surface area contributed by atoms with Crippen LogP contribution in [0.3, 0.4) is 0 Å². The predicted octanol–water partition coefficient (Wildman–Crippen LogP) is -0.398. The second-order valence-electron chi connectivity index (χ2n) is 4.10. The molecular formula is C10H21N3O2. The summed E-state index contributed by atoms with van der Waals surface area (Å²) in [5, 5.41) is 9.55. The molecule has 1 fully saturated rings. The normalized spacial score (nSPS) is 24.9. The van der Waals surface area contributed by atoms with Gasteiger partial charge in [-0.15, -0.1) is 0 Å². The van der Waals surface area contributed by atoms with Gasteiger partial charge < -0.3 is 5.11 Å². The van der Waals surface area contributed by atoms with Gasteiger partial charge in [-0.05, 0) is 25.8 Å². The van der Waals surface area contributed by atoms with E-state index >= 15 is 0 Å². The van der Waals surface area contributed by atoms with Gasteiger partial charge in [-0.2, -0.15) is 0 Å². The molecule has 5 heteroatoms. The Balaban J connectivity index is 2.57. The maximum atomic E-state index is 11.5. The Bertz CT molecular complexity index is 211. The first kappa shape index (κ1) is 12.4. The lowest BCUT2D eigenvalue weighted by Crippen LogP contribution is -2.53. The minimum atomic E-state index is -0.302. The molecule has 1 amide bonds. The number of aliphatic hydroxyl groups excluding tert-OH is 1. The molecule has 1 aliphatic heterocycles. The minimum Gasteiger partial charge on any atom is -0.392 e. The fourth-order valence-corrected chi connectivity index (χ4v) is 2.12. The van der Waals surface area contributed by atoms with E-state index in [-0.39, 0.29) is 18.1 Å². The number of likely N-dealkylation sites (tertiary alicyclic amines) is 1. The van der Waals surface area contributed by atoms with Crippen LogP contribution in [0.1, 0.15) is 32.6 Å². The SMILES string of the molecule is CCCC(C(=O)NN)N1CCCC(O)C1. The smallest absolute Gasteiger partial charge is 0.251 e. The standard InChI is InChI=1S/C10H21N3O2/c1-2-4-9(10(15)12-11)13-6-3-5-8(14)7-13/h8-9,14H,2-7,11H2,1H3,(H,12,15). The molecule has 0 saturated carbocycles. The number of piperidine rings is 1. The van der Waals surface area contributed by atoms with E-state index in [2.05, 4.69) is 5.43 Å². The highest BCUT2D eigenvalue weighted by atomic mass is 16.3. The maximum Gasteiger partial charge on any atom is 0.251 e. The number of nitrogens with one attached hydrogen (secondary N) is 1. The first-order chi connectivity index (χ1) is 7.19. The van der Waals surface area contributed by atoms with Crippen LogP contribution in [0.4, 0.5) is 0 Å². The molecule has 5 nitrogen and oxygen atoms in total. The highest BCUT2D eigenvalue weighted by Gasteiger charge is 2.28. The molecule has 0 aromatic carbocycles. The molecule has 88 valence electrons. The van der Waals surface area contributed by atoms with Crippen molar-refractivity contribution in [2.75, 3.05) is 13.1 Å². The number of nitrogens with zero attached hydrogens (tertiary/aromatic N) is 1. The summed E-state index contributed by atoms with van der Waals surface area (Å²) in [6, 6.07) is -0.185. The van der Waals surface area contributed by atoms with Gasteiger partial charge in [0, 0.05) is 6.54 Å². The van der Waals surface area contributed by atoms with Crippen LogP contribution in [0.15, 0.2) is 0 Å². The fraction of sp³-hybridized carbons (Fsp3) is 0.900. The van der Waals surface area contributed by atoms with Gasteiger partial charge in [0.1, 0.15) is 0 Å². The molecular weight excluding hydrogens is 194 g/mol. The molecule has 2 unspecified atom stereocenters. The molecule has 0 aliphatic carbocycles. The van der Waals surface area contributed by atoms with Crippen molar-refractivity contribution in [1.29, 1.82) is 0 Å². The summed E-state index contributed by atoms with van der Waals surface area (Å²) < 4.78 is 0. The van der Waals surface area contributed by atoms with Crippen LogP contribution in [0.5, 0.6) is 0 Å². The summed E-state index contributed by atoms with van der Waals surface area (Å²) in [4.78, 5) is 13.6. The van der Waals surface area contributed by atoms with E-state index in [4.69, 9.17) is 5.84 Å². The monoisotopic (exact) mass is 215 g/mol. The zero-order valence-electron chi connectivity index (χ0n) is 9.28. The lowest BCUT2D eigenvalue weighted by molar-refractivity contribution is -0.128. The zero-order chi connectivity index (χ0) is 11.3. The number of nitrogens with two attached hydrogens (primary N) is 1. The number of rotatable bonds is 4. The van der Waals surface area contributed by atoms with E-state index in [9.17, 15) is 9.90 Å². The van der Waals surface area contributed by atoms with Crippen molar-refractivity contribution < 1.29 is 9.90 Å². The molecule has 0 aromatic heterocycles. The average molecular weight is 215 g/mol. The van der Waals surface area contributed by atoms with E-state index < -0.39 is 0 Å². The van der Waals surface area contributed by atoms with Gasteiger partial charge in [-0.1, -0.05) is 13.3 Å². The van der Waals surface area contributed by atoms with Gasteiger partial charge in [-0.3, -0.25) is 15.1 Å². The number of hydrazine groups is 1. The summed E-state index contributed by atoms with van der Waals surface area (Å²) in [6.45, 7) is 3.49. The van der Waals surface area contributed by atoms with Crippen molar-refractivity contribution in [2.45, 2.75) is 44.8 Å². The summed E-state index contributed by atoms with van der Waals surface area (Å²) in [7, 11) is 0. The van der Waals surface area contributed by atoms with Crippen molar-refractivity contribution in [2.24, 2.45) is 5.84 Å². The van der Waals surface area contributed by atoms with Crippen LogP contribution < -0.4 is 11.3 Å². The predicted molar refractivity (Wildman–Crippen MR) is 57.8 cm³/mol. The molecule has 2 atom stereocenters. The number of amides is 1. The van der Waals surface area contributed by atoms with E-state index in [0.717, 1.165) is 32.2 Å². The molecule has 0 radical (unpaired) electrons. The van der Waals surface area contributed by atoms with E-state index in [1.165, 1.54) is 0 Å². The number of hydrogen-bond acceptors (Lipinski definition) is 4. The van der Waals surface area contributed by atoms with Gasteiger partial charge in [0.25, 0.3) is 5.91 Å². The van der Waals surface area contributed by atoms with Gasteiger partial charge in [0.05, 0.1) is 12.1 Å². The third kappa shape index (κ3) is 3.44. The number of carbonyl (C=O) groups excluding carboxylic acids is 1. The van der Waals surface area contributed by atoms with Crippen molar-refractivity contribution in [3.05, 3.63) is 0 Å². The van der Waals surface area contributed by atoms with E-state index in [1.54, 1.807) is 0 Å². The highest BCUT2D eigenvalue weighted by Crippen LogP contribution is 2.15. The molecule has 1 heterocycles. The van der Waals surface area contributed by atoms with E-state index in [1.807, 2.05) is 11.8 Å². The first-order valence-electron chi connectivity index (χ1n) is 5.61. The fourth-order valence-electron chi connectivity index (χ4n) is 2.12. The Hall–Kier alpha value is -0.650. The third-order valence-electron chi connectivity index (χ3n) is 2.88. The molecule has 1 aliphatic rings. The summed E-state index contributed by atoms with van der Waals surface area (Å²) in [5.74, 6) is 5.01. The van der Waals surface area contributed by atoms with Crippen LogP contribution in [0, 0.1) is 0 Å². The summed E-state index contributed by atoms with van der Waals surface area (Å²) in [6.07, 6.45) is 3.20. The Kier molecular flexibility index (Phi) is 5.01. The second kappa shape index (κ2) is 6.05. The topological polar surface area (TPSA) is 78.6 Å². The molecule has 0 bridgehead atoms. The maximum absolute atomic E-state index is 11.5.